The molecular weight excluding hydrogens is 238 g/mol. The summed E-state index contributed by atoms with van der Waals surface area (Å²) in [6, 6.07) is 9.76. The van der Waals surface area contributed by atoms with E-state index in [2.05, 4.69) is 5.32 Å². The van der Waals surface area contributed by atoms with Crippen LogP contribution in [0.2, 0.25) is 0 Å². The summed E-state index contributed by atoms with van der Waals surface area (Å²) in [5.41, 5.74) is 1.08. The predicted molar refractivity (Wildman–Crippen MR) is 76.3 cm³/mol. The highest BCUT2D eigenvalue weighted by Crippen LogP contribution is 2.23. The van der Waals surface area contributed by atoms with Crippen molar-refractivity contribution in [3.05, 3.63) is 35.9 Å². The van der Waals surface area contributed by atoms with Crippen LogP contribution < -0.4 is 5.32 Å². The van der Waals surface area contributed by atoms with Gasteiger partial charge in [0, 0.05) is 12.0 Å². The molecule has 0 bridgehead atoms. The average molecular weight is 261 g/mol. The molecule has 0 saturated heterocycles. The number of carbonyl (C=O) groups is 1. The van der Waals surface area contributed by atoms with Crippen molar-refractivity contribution in [1.29, 1.82) is 0 Å². The smallest absolute Gasteiger partial charge is 0.321 e. The molecule has 0 amide bonds. The molecule has 1 aliphatic rings. The highest BCUT2D eigenvalue weighted by molar-refractivity contribution is 5.75. The Morgan fingerprint density at radius 3 is 2.42 bits per heavy atom. The Morgan fingerprint density at radius 2 is 1.84 bits per heavy atom. The Bertz CT molecular complexity index is 398. The SMILES string of the molecule is CC(c1ccccc1)C(NC1CCCCC1)C(=O)O. The number of carboxylic acid groups (broad SMARTS) is 1. The third kappa shape index (κ3) is 3.80. The second-order valence-corrected chi connectivity index (χ2v) is 5.52. The van der Waals surface area contributed by atoms with Gasteiger partial charge in [0.1, 0.15) is 6.04 Å². The molecule has 1 fully saturated rings. The summed E-state index contributed by atoms with van der Waals surface area (Å²) < 4.78 is 0. The molecule has 0 aliphatic heterocycles. The fraction of sp³-hybridized carbons (Fsp3) is 0.562. The molecule has 2 N–H and O–H groups in total. The lowest BCUT2D eigenvalue weighted by Crippen LogP contribution is -2.47. The molecule has 1 aromatic rings. The molecule has 3 nitrogen and oxygen atoms in total. The molecule has 19 heavy (non-hydrogen) atoms. The normalized spacial score (nSPS) is 19.8. The number of rotatable bonds is 5. The summed E-state index contributed by atoms with van der Waals surface area (Å²) >= 11 is 0. The molecule has 0 aromatic heterocycles. The van der Waals surface area contributed by atoms with Gasteiger partial charge in [-0.3, -0.25) is 4.79 Å². The monoisotopic (exact) mass is 261 g/mol. The molecule has 1 aromatic carbocycles. The van der Waals surface area contributed by atoms with E-state index in [1.54, 1.807) is 0 Å². The number of carboxylic acids is 1. The maximum atomic E-state index is 11.5. The third-order valence-electron chi connectivity index (χ3n) is 4.11. The first-order valence-electron chi connectivity index (χ1n) is 7.22. The zero-order valence-corrected chi connectivity index (χ0v) is 11.5. The summed E-state index contributed by atoms with van der Waals surface area (Å²) in [6.07, 6.45) is 5.91. The van der Waals surface area contributed by atoms with Crippen LogP contribution in [0.4, 0.5) is 0 Å². The van der Waals surface area contributed by atoms with Crippen molar-refractivity contribution in [2.45, 2.75) is 57.0 Å². The Hall–Kier alpha value is -1.35. The highest BCUT2D eigenvalue weighted by atomic mass is 16.4. The van der Waals surface area contributed by atoms with Gasteiger partial charge in [0.2, 0.25) is 0 Å². The van der Waals surface area contributed by atoms with Gasteiger partial charge in [0.15, 0.2) is 0 Å². The van der Waals surface area contributed by atoms with Crippen molar-refractivity contribution in [1.82, 2.24) is 5.32 Å². The van der Waals surface area contributed by atoms with Crippen LogP contribution in [-0.2, 0) is 4.79 Å². The molecule has 0 radical (unpaired) electrons. The zero-order valence-electron chi connectivity index (χ0n) is 11.5. The second kappa shape index (κ2) is 6.71. The van der Waals surface area contributed by atoms with E-state index in [1.807, 2.05) is 37.3 Å². The van der Waals surface area contributed by atoms with Crippen molar-refractivity contribution < 1.29 is 9.90 Å². The number of hydrogen-bond acceptors (Lipinski definition) is 2. The van der Waals surface area contributed by atoms with Crippen LogP contribution in [-0.4, -0.2) is 23.2 Å². The number of benzene rings is 1. The lowest BCUT2D eigenvalue weighted by molar-refractivity contribution is -0.140. The van der Waals surface area contributed by atoms with Gasteiger partial charge in [-0.05, 0) is 18.4 Å². The molecule has 2 rings (SSSR count). The second-order valence-electron chi connectivity index (χ2n) is 5.52. The molecule has 2 unspecified atom stereocenters. The first kappa shape index (κ1) is 14.1. The van der Waals surface area contributed by atoms with E-state index in [1.165, 1.54) is 19.3 Å². The van der Waals surface area contributed by atoms with E-state index in [0.29, 0.717) is 6.04 Å². The van der Waals surface area contributed by atoms with Gasteiger partial charge in [-0.15, -0.1) is 0 Å². The first-order chi connectivity index (χ1) is 9.18. The van der Waals surface area contributed by atoms with Crippen LogP contribution >= 0.6 is 0 Å². The summed E-state index contributed by atoms with van der Waals surface area (Å²) in [5, 5.41) is 12.8. The Balaban J connectivity index is 2.04. The average Bonchev–Trinajstić information content (AvgIpc) is 2.46. The zero-order chi connectivity index (χ0) is 13.7. The third-order valence-corrected chi connectivity index (χ3v) is 4.11. The molecule has 0 heterocycles. The van der Waals surface area contributed by atoms with Crippen LogP contribution in [0, 0.1) is 0 Å². The largest absolute Gasteiger partial charge is 0.480 e. The van der Waals surface area contributed by atoms with E-state index in [4.69, 9.17) is 0 Å². The lowest BCUT2D eigenvalue weighted by atomic mass is 9.90. The minimum absolute atomic E-state index is 0.0133. The number of hydrogen-bond donors (Lipinski definition) is 2. The topological polar surface area (TPSA) is 49.3 Å². The fourth-order valence-electron chi connectivity index (χ4n) is 2.90. The van der Waals surface area contributed by atoms with Gasteiger partial charge < -0.3 is 10.4 Å². The van der Waals surface area contributed by atoms with Crippen LogP contribution in [0.25, 0.3) is 0 Å². The van der Waals surface area contributed by atoms with Gasteiger partial charge in [0.25, 0.3) is 0 Å². The number of nitrogens with one attached hydrogen (secondary N) is 1. The van der Waals surface area contributed by atoms with Crippen molar-refractivity contribution >= 4 is 5.97 Å². The first-order valence-corrected chi connectivity index (χ1v) is 7.22. The standard InChI is InChI=1S/C16H23NO2/c1-12(13-8-4-2-5-9-13)15(16(18)19)17-14-10-6-3-7-11-14/h2,4-5,8-9,12,14-15,17H,3,6-7,10-11H2,1H3,(H,18,19). The van der Waals surface area contributed by atoms with E-state index in [0.717, 1.165) is 18.4 Å². The summed E-state index contributed by atoms with van der Waals surface area (Å²) in [4.78, 5) is 11.5. The maximum absolute atomic E-state index is 11.5. The minimum Gasteiger partial charge on any atom is -0.480 e. The van der Waals surface area contributed by atoms with Crippen LogP contribution in [0.15, 0.2) is 30.3 Å². The minimum atomic E-state index is -0.748. The van der Waals surface area contributed by atoms with Gasteiger partial charge in [-0.2, -0.15) is 0 Å². The van der Waals surface area contributed by atoms with Crippen LogP contribution in [0.5, 0.6) is 0 Å². The van der Waals surface area contributed by atoms with Gasteiger partial charge >= 0.3 is 5.97 Å². The molecule has 1 aliphatic carbocycles. The fourth-order valence-corrected chi connectivity index (χ4v) is 2.90. The van der Waals surface area contributed by atoms with Crippen LogP contribution in [0.1, 0.15) is 50.5 Å². The van der Waals surface area contributed by atoms with E-state index in [-0.39, 0.29) is 5.92 Å². The molecular formula is C16H23NO2. The Morgan fingerprint density at radius 1 is 1.21 bits per heavy atom. The van der Waals surface area contributed by atoms with E-state index in [9.17, 15) is 9.90 Å². The van der Waals surface area contributed by atoms with Crippen molar-refractivity contribution in [2.75, 3.05) is 0 Å². The van der Waals surface area contributed by atoms with Crippen molar-refractivity contribution in [3.63, 3.8) is 0 Å². The maximum Gasteiger partial charge on any atom is 0.321 e. The van der Waals surface area contributed by atoms with E-state index < -0.39 is 12.0 Å². The predicted octanol–water partition coefficient (Wildman–Crippen LogP) is 3.17. The van der Waals surface area contributed by atoms with Gasteiger partial charge in [0.05, 0.1) is 0 Å². The summed E-state index contributed by atoms with van der Waals surface area (Å²) in [7, 11) is 0. The number of aliphatic carboxylic acids is 1. The molecule has 2 atom stereocenters. The van der Waals surface area contributed by atoms with Crippen molar-refractivity contribution in [2.24, 2.45) is 0 Å². The highest BCUT2D eigenvalue weighted by Gasteiger charge is 2.28. The summed E-state index contributed by atoms with van der Waals surface area (Å²) in [6.45, 7) is 1.99. The van der Waals surface area contributed by atoms with E-state index >= 15 is 0 Å². The molecule has 3 heteroatoms. The molecule has 1 saturated carbocycles. The van der Waals surface area contributed by atoms with Gasteiger partial charge in [-0.25, -0.2) is 0 Å². The quantitative estimate of drug-likeness (QED) is 0.856. The Labute approximate surface area is 115 Å². The van der Waals surface area contributed by atoms with Gasteiger partial charge in [-0.1, -0.05) is 56.5 Å². The molecule has 104 valence electrons. The van der Waals surface area contributed by atoms with Crippen LogP contribution in [0.3, 0.4) is 0 Å². The lowest BCUT2D eigenvalue weighted by Gasteiger charge is -2.29. The van der Waals surface area contributed by atoms with Crippen molar-refractivity contribution in [3.8, 4) is 0 Å². The Kier molecular flexibility index (Phi) is 4.97. The summed E-state index contributed by atoms with van der Waals surface area (Å²) in [5.74, 6) is -0.762. The molecule has 0 spiro atoms.